The molecule has 1 aliphatic carbocycles. The maximum Gasteiger partial charge on any atom is 0.342 e. The van der Waals surface area contributed by atoms with Gasteiger partial charge in [0, 0.05) is 31.4 Å². The van der Waals surface area contributed by atoms with Gasteiger partial charge in [-0.05, 0) is 18.9 Å². The summed E-state index contributed by atoms with van der Waals surface area (Å²) in [4.78, 5) is 8.26. The van der Waals surface area contributed by atoms with Gasteiger partial charge in [-0.25, -0.2) is 4.98 Å². The lowest BCUT2D eigenvalue weighted by molar-refractivity contribution is 0.415. The zero-order chi connectivity index (χ0) is 12.4. The minimum Gasteiger partial charge on any atom is -0.404 e. The Hall–Kier alpha value is -1.95. The molecule has 0 amide bonds. The molecule has 94 valence electrons. The van der Waals surface area contributed by atoms with Gasteiger partial charge in [-0.2, -0.15) is 4.98 Å². The highest BCUT2D eigenvalue weighted by molar-refractivity contribution is 5.27. The number of pyridine rings is 1. The van der Waals surface area contributed by atoms with E-state index in [1.165, 1.54) is 12.8 Å². The van der Waals surface area contributed by atoms with Crippen molar-refractivity contribution in [2.24, 2.45) is 7.05 Å². The molecule has 6 heteroatoms. The van der Waals surface area contributed by atoms with E-state index in [0.29, 0.717) is 17.9 Å². The first-order valence-electron chi connectivity index (χ1n) is 6.02. The van der Waals surface area contributed by atoms with Crippen molar-refractivity contribution in [1.82, 2.24) is 25.1 Å². The summed E-state index contributed by atoms with van der Waals surface area (Å²) < 4.78 is 7.19. The summed E-state index contributed by atoms with van der Waals surface area (Å²) in [6.45, 7) is 0.765. The fourth-order valence-corrected chi connectivity index (χ4v) is 1.65. The molecule has 0 spiro atoms. The largest absolute Gasteiger partial charge is 0.404 e. The van der Waals surface area contributed by atoms with Crippen molar-refractivity contribution in [3.63, 3.8) is 0 Å². The van der Waals surface area contributed by atoms with Crippen LogP contribution in [0.2, 0.25) is 0 Å². The van der Waals surface area contributed by atoms with Crippen LogP contribution < -0.4 is 10.1 Å². The Morgan fingerprint density at radius 2 is 2.33 bits per heavy atom. The molecule has 1 aliphatic rings. The number of hydrogen-bond acceptors (Lipinski definition) is 5. The van der Waals surface area contributed by atoms with E-state index in [1.54, 1.807) is 24.3 Å². The monoisotopic (exact) mass is 245 g/mol. The van der Waals surface area contributed by atoms with Crippen LogP contribution in [0.15, 0.2) is 24.7 Å². The van der Waals surface area contributed by atoms with Gasteiger partial charge in [-0.15, -0.1) is 5.10 Å². The minimum absolute atomic E-state index is 0.323. The van der Waals surface area contributed by atoms with Gasteiger partial charge in [0.2, 0.25) is 5.88 Å². The van der Waals surface area contributed by atoms with Gasteiger partial charge in [0.15, 0.2) is 0 Å². The lowest BCUT2D eigenvalue weighted by Gasteiger charge is -2.07. The molecule has 0 aromatic carbocycles. The first-order valence-corrected chi connectivity index (χ1v) is 6.02. The van der Waals surface area contributed by atoms with Crippen molar-refractivity contribution in [2.45, 2.75) is 25.4 Å². The zero-order valence-corrected chi connectivity index (χ0v) is 10.2. The van der Waals surface area contributed by atoms with Crippen LogP contribution in [0.5, 0.6) is 11.9 Å². The molecule has 1 saturated carbocycles. The second-order valence-electron chi connectivity index (χ2n) is 4.43. The predicted octanol–water partition coefficient (Wildman–Crippen LogP) is 1.25. The molecular weight excluding hydrogens is 230 g/mol. The van der Waals surface area contributed by atoms with Crippen LogP contribution in [0, 0.1) is 0 Å². The normalized spacial score (nSPS) is 14.7. The third-order valence-corrected chi connectivity index (χ3v) is 2.78. The summed E-state index contributed by atoms with van der Waals surface area (Å²) >= 11 is 0. The number of nitrogens with one attached hydrogen (secondary N) is 1. The maximum absolute atomic E-state index is 5.59. The highest BCUT2D eigenvalue weighted by Crippen LogP contribution is 2.23. The summed E-state index contributed by atoms with van der Waals surface area (Å²) in [5.74, 6) is 0.567. The molecule has 2 aromatic rings. The van der Waals surface area contributed by atoms with Crippen LogP contribution >= 0.6 is 0 Å². The molecule has 3 rings (SSSR count). The smallest absolute Gasteiger partial charge is 0.342 e. The van der Waals surface area contributed by atoms with Gasteiger partial charge in [-0.1, -0.05) is 6.07 Å². The Kier molecular flexibility index (Phi) is 2.93. The highest BCUT2D eigenvalue weighted by Gasteiger charge is 2.21. The third-order valence-electron chi connectivity index (χ3n) is 2.78. The molecule has 0 atom stereocenters. The number of nitrogens with zero attached hydrogens (tertiary/aromatic N) is 4. The Morgan fingerprint density at radius 3 is 3.06 bits per heavy atom. The molecule has 0 unspecified atom stereocenters. The van der Waals surface area contributed by atoms with Gasteiger partial charge in [0.05, 0.1) is 0 Å². The summed E-state index contributed by atoms with van der Waals surface area (Å²) in [6, 6.07) is 4.89. The molecule has 0 aliphatic heterocycles. The van der Waals surface area contributed by atoms with Gasteiger partial charge in [0.1, 0.15) is 6.33 Å². The standard InChI is InChI=1S/C12H15N5O/c1-17-8-15-12(16-17)18-11-9(3-2-6-13-11)7-14-10-4-5-10/h2-3,6,8,10,14H,4-5,7H2,1H3. The summed E-state index contributed by atoms with van der Waals surface area (Å²) in [5.41, 5.74) is 1.02. The van der Waals surface area contributed by atoms with Crippen LogP contribution in [0.1, 0.15) is 18.4 Å². The first kappa shape index (κ1) is 11.2. The van der Waals surface area contributed by atoms with Crippen molar-refractivity contribution in [3.05, 3.63) is 30.2 Å². The molecule has 0 radical (unpaired) electrons. The summed E-state index contributed by atoms with van der Waals surface area (Å²) in [7, 11) is 1.80. The van der Waals surface area contributed by atoms with Crippen molar-refractivity contribution in [2.75, 3.05) is 0 Å². The SMILES string of the molecule is Cn1cnc(Oc2ncccc2CNC2CC2)n1. The second kappa shape index (κ2) is 4.73. The van der Waals surface area contributed by atoms with Gasteiger partial charge in [-0.3, -0.25) is 4.68 Å². The van der Waals surface area contributed by atoms with Gasteiger partial charge in [0.25, 0.3) is 0 Å². The van der Waals surface area contributed by atoms with E-state index >= 15 is 0 Å². The number of aryl methyl sites for hydroxylation is 1. The maximum atomic E-state index is 5.59. The van der Waals surface area contributed by atoms with Crippen LogP contribution in [-0.2, 0) is 13.6 Å². The third kappa shape index (κ3) is 2.65. The van der Waals surface area contributed by atoms with Crippen molar-refractivity contribution < 1.29 is 4.74 Å². The van der Waals surface area contributed by atoms with E-state index in [2.05, 4.69) is 20.4 Å². The van der Waals surface area contributed by atoms with Crippen LogP contribution in [0.3, 0.4) is 0 Å². The number of aromatic nitrogens is 4. The van der Waals surface area contributed by atoms with E-state index < -0.39 is 0 Å². The fraction of sp³-hybridized carbons (Fsp3) is 0.417. The topological polar surface area (TPSA) is 64.9 Å². The highest BCUT2D eigenvalue weighted by atomic mass is 16.5. The van der Waals surface area contributed by atoms with Gasteiger partial charge < -0.3 is 10.1 Å². The van der Waals surface area contributed by atoms with Crippen molar-refractivity contribution in [3.8, 4) is 11.9 Å². The average Bonchev–Trinajstić information content (AvgIpc) is 3.12. The Labute approximate surface area is 105 Å². The minimum atomic E-state index is 0.323. The average molecular weight is 245 g/mol. The quantitative estimate of drug-likeness (QED) is 0.859. The lowest BCUT2D eigenvalue weighted by Crippen LogP contribution is -2.16. The second-order valence-corrected chi connectivity index (χ2v) is 4.43. The molecule has 6 nitrogen and oxygen atoms in total. The number of rotatable bonds is 5. The molecule has 0 bridgehead atoms. The van der Waals surface area contributed by atoms with Crippen LogP contribution in [0.25, 0.3) is 0 Å². The lowest BCUT2D eigenvalue weighted by atomic mass is 10.2. The Balaban J connectivity index is 1.73. The van der Waals surface area contributed by atoms with E-state index in [1.807, 2.05) is 12.1 Å². The molecular formula is C12H15N5O. The molecule has 1 N–H and O–H groups in total. The Bertz CT molecular complexity index is 535. The molecule has 1 fully saturated rings. The first-order chi connectivity index (χ1) is 8.81. The van der Waals surface area contributed by atoms with Crippen LogP contribution in [-0.4, -0.2) is 25.8 Å². The van der Waals surface area contributed by atoms with E-state index in [9.17, 15) is 0 Å². The van der Waals surface area contributed by atoms with E-state index in [0.717, 1.165) is 12.1 Å². The van der Waals surface area contributed by atoms with Gasteiger partial charge >= 0.3 is 6.01 Å². The molecule has 2 aromatic heterocycles. The van der Waals surface area contributed by atoms with Crippen LogP contribution in [0.4, 0.5) is 0 Å². The summed E-state index contributed by atoms with van der Waals surface area (Å²) in [6.07, 6.45) is 5.83. The molecule has 0 saturated heterocycles. The number of hydrogen-bond donors (Lipinski definition) is 1. The predicted molar refractivity (Wildman–Crippen MR) is 65.2 cm³/mol. The summed E-state index contributed by atoms with van der Waals surface area (Å²) in [5, 5.41) is 7.52. The Morgan fingerprint density at radius 1 is 1.44 bits per heavy atom. The molecule has 2 heterocycles. The fourth-order valence-electron chi connectivity index (χ4n) is 1.65. The van der Waals surface area contributed by atoms with E-state index in [4.69, 9.17) is 4.74 Å². The van der Waals surface area contributed by atoms with Crippen molar-refractivity contribution in [1.29, 1.82) is 0 Å². The zero-order valence-electron chi connectivity index (χ0n) is 10.2. The number of ether oxygens (including phenoxy) is 1. The van der Waals surface area contributed by atoms with Crippen molar-refractivity contribution >= 4 is 0 Å². The molecule has 18 heavy (non-hydrogen) atoms. The van der Waals surface area contributed by atoms with E-state index in [-0.39, 0.29) is 0 Å².